The molecule has 2 amide bonds. The fourth-order valence-electron chi connectivity index (χ4n) is 3.04. The zero-order valence-electron chi connectivity index (χ0n) is 14.6. The lowest BCUT2D eigenvalue weighted by atomic mass is 10.1. The lowest BCUT2D eigenvalue weighted by Gasteiger charge is -2.15. The lowest BCUT2D eigenvalue weighted by molar-refractivity contribution is -0.130. The van der Waals surface area contributed by atoms with Gasteiger partial charge >= 0.3 is 0 Å². The van der Waals surface area contributed by atoms with Gasteiger partial charge in [0.2, 0.25) is 11.8 Å². The Morgan fingerprint density at radius 3 is 2.80 bits per heavy atom. The van der Waals surface area contributed by atoms with E-state index in [4.69, 9.17) is 10.2 Å². The summed E-state index contributed by atoms with van der Waals surface area (Å²) in [7, 11) is 0. The average Bonchev–Trinajstić information content (AvgIpc) is 3.24. The van der Waals surface area contributed by atoms with Crippen molar-refractivity contribution in [3.63, 3.8) is 0 Å². The number of carbonyl (C=O) groups excluding carboxylic acids is 2. The predicted molar refractivity (Wildman–Crippen MR) is 93.6 cm³/mol. The highest BCUT2D eigenvalue weighted by Crippen LogP contribution is 2.24. The number of nitrogens with two attached hydrogens (primary N) is 1. The Labute approximate surface area is 147 Å². The zero-order valence-corrected chi connectivity index (χ0v) is 14.6. The topological polar surface area (TPSA) is 89.4 Å². The average molecular weight is 341 g/mol. The van der Waals surface area contributed by atoms with E-state index in [0.29, 0.717) is 44.0 Å². The third kappa shape index (κ3) is 3.90. The summed E-state index contributed by atoms with van der Waals surface area (Å²) in [4.78, 5) is 29.4. The molecule has 2 heterocycles. The fraction of sp³-hybridized carbons (Fsp3) is 0.421. The first-order valence-electron chi connectivity index (χ1n) is 8.53. The molecule has 1 saturated heterocycles. The number of rotatable bonds is 5. The monoisotopic (exact) mass is 341 g/mol. The highest BCUT2D eigenvalue weighted by Gasteiger charge is 2.29. The van der Waals surface area contributed by atoms with Crippen LogP contribution < -0.4 is 5.73 Å². The Morgan fingerprint density at radius 1 is 1.32 bits per heavy atom. The van der Waals surface area contributed by atoms with Crippen molar-refractivity contribution in [2.75, 3.05) is 13.1 Å². The van der Waals surface area contributed by atoms with Gasteiger partial charge in [-0.3, -0.25) is 9.59 Å². The second-order valence-electron chi connectivity index (χ2n) is 6.65. The van der Waals surface area contributed by atoms with Crippen LogP contribution in [0.25, 0.3) is 11.3 Å². The maximum Gasteiger partial charge on any atom is 0.223 e. The minimum absolute atomic E-state index is 0.00896. The van der Waals surface area contributed by atoms with E-state index in [-0.39, 0.29) is 17.7 Å². The number of nitrogens with zero attached hydrogens (tertiary/aromatic N) is 2. The molecular formula is C19H23N3O3. The van der Waals surface area contributed by atoms with Crippen LogP contribution in [-0.2, 0) is 16.0 Å². The SMILES string of the molecule is Cc1ccc(-c2cnc(CCC(=O)N3CCC(C(N)=O)C3)o2)cc1C. The van der Waals surface area contributed by atoms with Crippen molar-refractivity contribution < 1.29 is 14.0 Å². The second kappa shape index (κ2) is 7.09. The van der Waals surface area contributed by atoms with Gasteiger partial charge in [0, 0.05) is 31.5 Å². The van der Waals surface area contributed by atoms with Gasteiger partial charge in [0.25, 0.3) is 0 Å². The molecule has 0 bridgehead atoms. The first-order chi connectivity index (χ1) is 11.9. The number of oxazole rings is 1. The number of hydrogen-bond acceptors (Lipinski definition) is 4. The van der Waals surface area contributed by atoms with Crippen LogP contribution >= 0.6 is 0 Å². The molecule has 0 aliphatic carbocycles. The normalized spacial score (nSPS) is 17.0. The molecule has 0 radical (unpaired) electrons. The van der Waals surface area contributed by atoms with Crippen LogP contribution in [0.5, 0.6) is 0 Å². The Morgan fingerprint density at radius 2 is 2.12 bits per heavy atom. The number of aryl methyl sites for hydroxylation is 3. The van der Waals surface area contributed by atoms with E-state index >= 15 is 0 Å². The quantitative estimate of drug-likeness (QED) is 0.903. The number of likely N-dealkylation sites (tertiary alicyclic amines) is 1. The third-order valence-electron chi connectivity index (χ3n) is 4.84. The standard InChI is InChI=1S/C19H23N3O3/c1-12-3-4-14(9-13(12)2)16-10-21-17(25-16)5-6-18(23)22-8-7-15(11-22)19(20)24/h3-4,9-10,15H,5-8,11H2,1-2H3,(H2,20,24). The van der Waals surface area contributed by atoms with Crippen LogP contribution in [0.15, 0.2) is 28.8 Å². The van der Waals surface area contributed by atoms with E-state index in [1.807, 2.05) is 6.07 Å². The molecule has 132 valence electrons. The van der Waals surface area contributed by atoms with E-state index in [1.54, 1.807) is 11.1 Å². The summed E-state index contributed by atoms with van der Waals surface area (Å²) in [5.74, 6) is 0.713. The summed E-state index contributed by atoms with van der Waals surface area (Å²) in [5, 5.41) is 0. The number of benzene rings is 1. The number of amides is 2. The number of aromatic nitrogens is 1. The summed E-state index contributed by atoms with van der Waals surface area (Å²) in [6.45, 7) is 5.14. The van der Waals surface area contributed by atoms with Crippen molar-refractivity contribution in [3.8, 4) is 11.3 Å². The molecule has 1 atom stereocenters. The predicted octanol–water partition coefficient (Wildman–Crippen LogP) is 2.22. The molecule has 1 fully saturated rings. The summed E-state index contributed by atoms with van der Waals surface area (Å²) < 4.78 is 5.78. The van der Waals surface area contributed by atoms with Crippen LogP contribution in [-0.4, -0.2) is 34.8 Å². The lowest BCUT2D eigenvalue weighted by Crippen LogP contribution is -2.31. The van der Waals surface area contributed by atoms with E-state index < -0.39 is 0 Å². The third-order valence-corrected chi connectivity index (χ3v) is 4.84. The second-order valence-corrected chi connectivity index (χ2v) is 6.65. The minimum Gasteiger partial charge on any atom is -0.441 e. The molecule has 1 unspecified atom stereocenters. The minimum atomic E-state index is -0.332. The fourth-order valence-corrected chi connectivity index (χ4v) is 3.04. The zero-order chi connectivity index (χ0) is 18.0. The van der Waals surface area contributed by atoms with Gasteiger partial charge in [-0.15, -0.1) is 0 Å². The molecule has 6 nitrogen and oxygen atoms in total. The first kappa shape index (κ1) is 17.2. The smallest absolute Gasteiger partial charge is 0.223 e. The van der Waals surface area contributed by atoms with Gasteiger partial charge < -0.3 is 15.1 Å². The van der Waals surface area contributed by atoms with Gasteiger partial charge in [-0.2, -0.15) is 0 Å². The maximum atomic E-state index is 12.3. The molecule has 0 saturated carbocycles. The molecule has 0 spiro atoms. The molecule has 1 aliphatic rings. The van der Waals surface area contributed by atoms with Crippen LogP contribution in [0, 0.1) is 19.8 Å². The summed E-state index contributed by atoms with van der Waals surface area (Å²) in [6.07, 6.45) is 3.11. The van der Waals surface area contributed by atoms with Crippen molar-refractivity contribution in [1.29, 1.82) is 0 Å². The van der Waals surface area contributed by atoms with Crippen LogP contribution in [0.1, 0.15) is 29.9 Å². The van der Waals surface area contributed by atoms with Gasteiger partial charge in [-0.25, -0.2) is 4.98 Å². The van der Waals surface area contributed by atoms with E-state index in [1.165, 1.54) is 11.1 Å². The van der Waals surface area contributed by atoms with Crippen LogP contribution in [0.4, 0.5) is 0 Å². The molecule has 1 aromatic carbocycles. The van der Waals surface area contributed by atoms with Crippen molar-refractivity contribution in [2.24, 2.45) is 11.7 Å². The molecule has 3 rings (SSSR count). The van der Waals surface area contributed by atoms with Crippen molar-refractivity contribution in [1.82, 2.24) is 9.88 Å². The summed E-state index contributed by atoms with van der Waals surface area (Å²) in [5.41, 5.74) is 8.71. The van der Waals surface area contributed by atoms with Gasteiger partial charge in [0.05, 0.1) is 12.1 Å². The largest absolute Gasteiger partial charge is 0.441 e. The summed E-state index contributed by atoms with van der Waals surface area (Å²) in [6, 6.07) is 6.13. The van der Waals surface area contributed by atoms with Gasteiger partial charge in [-0.05, 0) is 37.5 Å². The van der Waals surface area contributed by atoms with Gasteiger partial charge in [0.1, 0.15) is 0 Å². The van der Waals surface area contributed by atoms with E-state index in [0.717, 1.165) is 5.56 Å². The van der Waals surface area contributed by atoms with E-state index in [2.05, 4.69) is 31.0 Å². The molecule has 1 aliphatic heterocycles. The van der Waals surface area contributed by atoms with Crippen LogP contribution in [0.3, 0.4) is 0 Å². The van der Waals surface area contributed by atoms with Crippen molar-refractivity contribution in [3.05, 3.63) is 41.4 Å². The van der Waals surface area contributed by atoms with Gasteiger partial charge in [0.15, 0.2) is 11.7 Å². The highest BCUT2D eigenvalue weighted by molar-refractivity contribution is 5.81. The highest BCUT2D eigenvalue weighted by atomic mass is 16.4. The number of hydrogen-bond donors (Lipinski definition) is 1. The molecule has 25 heavy (non-hydrogen) atoms. The van der Waals surface area contributed by atoms with Crippen molar-refractivity contribution in [2.45, 2.75) is 33.1 Å². The van der Waals surface area contributed by atoms with Crippen LogP contribution in [0.2, 0.25) is 0 Å². The molecular weight excluding hydrogens is 318 g/mol. The Balaban J connectivity index is 1.58. The van der Waals surface area contributed by atoms with Gasteiger partial charge in [-0.1, -0.05) is 12.1 Å². The first-order valence-corrected chi connectivity index (χ1v) is 8.53. The van der Waals surface area contributed by atoms with Crippen molar-refractivity contribution >= 4 is 11.8 Å². The Hall–Kier alpha value is -2.63. The molecule has 1 aromatic heterocycles. The molecule has 2 aromatic rings. The maximum absolute atomic E-state index is 12.3. The number of carbonyl (C=O) groups is 2. The Kier molecular flexibility index (Phi) is 4.88. The summed E-state index contributed by atoms with van der Waals surface area (Å²) >= 11 is 0. The molecule has 6 heteroatoms. The van der Waals surface area contributed by atoms with E-state index in [9.17, 15) is 9.59 Å². The number of primary amides is 1. The Bertz CT molecular complexity index is 797. The molecule has 2 N–H and O–H groups in total.